The molecule has 0 aromatic heterocycles. The molecule has 7 atom stereocenters. The average molecular weight is 685 g/mol. The molecule has 2 rings (SSSR count). The van der Waals surface area contributed by atoms with Crippen LogP contribution in [-0.2, 0) is 21.8 Å². The van der Waals surface area contributed by atoms with Crippen molar-refractivity contribution in [2.45, 2.75) is 96.6 Å². The molecule has 1 aliphatic heterocycles. The minimum absolute atomic E-state index is 0.00513. The molecule has 0 bridgehead atoms. The van der Waals surface area contributed by atoms with E-state index in [1.807, 2.05) is 44.2 Å². The largest absolute Gasteiger partial charge is 0.497 e. The maximum absolute atomic E-state index is 13.5. The zero-order valence-electron chi connectivity index (χ0n) is 25.8. The molecule has 0 saturated carbocycles. The quantitative estimate of drug-likeness (QED) is 0.111. The van der Waals surface area contributed by atoms with Crippen LogP contribution in [0, 0.1) is 17.8 Å². The van der Waals surface area contributed by atoms with E-state index in [0.717, 1.165) is 16.9 Å². The van der Waals surface area contributed by atoms with Crippen molar-refractivity contribution in [3.8, 4) is 5.75 Å². The van der Waals surface area contributed by atoms with Crippen molar-refractivity contribution in [1.82, 2.24) is 0 Å². The Labute approximate surface area is 257 Å². The number of methoxy groups -OCH3 is 1. The van der Waals surface area contributed by atoms with Crippen LogP contribution < -0.4 is 4.74 Å². The van der Waals surface area contributed by atoms with Gasteiger partial charge >= 0.3 is 5.97 Å². The summed E-state index contributed by atoms with van der Waals surface area (Å²) in [5.41, 5.74) is 1.13. The zero-order valence-corrected chi connectivity index (χ0v) is 28.9. The van der Waals surface area contributed by atoms with Crippen molar-refractivity contribution in [3.05, 3.63) is 67.3 Å². The number of carbonyl (C=O) groups excluding carboxylic acids is 1. The molecule has 6 nitrogen and oxygen atoms in total. The molecule has 1 aromatic carbocycles. The maximum atomic E-state index is 13.5. The van der Waals surface area contributed by atoms with Gasteiger partial charge in [-0.2, -0.15) is 0 Å². The molecule has 224 valence electrons. The van der Waals surface area contributed by atoms with Gasteiger partial charge in [0.1, 0.15) is 11.9 Å². The van der Waals surface area contributed by atoms with Crippen LogP contribution in [0.15, 0.2) is 61.7 Å². The Hall–Kier alpha value is -1.46. The molecule has 0 spiro atoms. The molecule has 0 amide bonds. The van der Waals surface area contributed by atoms with E-state index in [2.05, 4.69) is 60.5 Å². The summed E-state index contributed by atoms with van der Waals surface area (Å²) in [5.74, 6) is -0.279. The summed E-state index contributed by atoms with van der Waals surface area (Å²) in [6, 6.07) is 7.67. The molecule has 1 heterocycles. The Bertz CT molecular complexity index is 1030. The second kappa shape index (κ2) is 14.1. The number of ether oxygens (including phenoxy) is 3. The monoisotopic (exact) mass is 684 g/mol. The SMILES string of the molecule is C=CC(C)C(C(=C)C)C(C(=O)OI)[C@H](CC[C@@]1(C)OC(c2ccc(OC)cc2)O[C@H]1C=C)O[Si](C)(C)C(C)(C)C. The second-order valence-corrected chi connectivity index (χ2v) is 17.9. The molecule has 8 heteroatoms. The van der Waals surface area contributed by atoms with Crippen LogP contribution >= 0.6 is 23.0 Å². The predicted octanol–water partition coefficient (Wildman–Crippen LogP) is 8.75. The Morgan fingerprint density at radius 2 is 1.80 bits per heavy atom. The van der Waals surface area contributed by atoms with Crippen LogP contribution in [0.3, 0.4) is 0 Å². The van der Waals surface area contributed by atoms with Gasteiger partial charge in [-0.1, -0.05) is 64.1 Å². The molecule has 1 saturated heterocycles. The molecule has 1 fully saturated rings. The summed E-state index contributed by atoms with van der Waals surface area (Å²) < 4.78 is 30.6. The Kier molecular flexibility index (Phi) is 12.3. The highest BCUT2D eigenvalue weighted by atomic mass is 127. The van der Waals surface area contributed by atoms with Crippen molar-refractivity contribution in [3.63, 3.8) is 0 Å². The molecule has 1 aliphatic rings. The fourth-order valence-electron chi connectivity index (χ4n) is 5.14. The summed E-state index contributed by atoms with van der Waals surface area (Å²) >= 11 is 1.68. The average Bonchev–Trinajstić information content (AvgIpc) is 3.24. The van der Waals surface area contributed by atoms with Crippen LogP contribution in [0.1, 0.15) is 66.2 Å². The van der Waals surface area contributed by atoms with Gasteiger partial charge in [-0.05, 0) is 62.9 Å². The van der Waals surface area contributed by atoms with Gasteiger partial charge in [0.2, 0.25) is 0 Å². The lowest BCUT2D eigenvalue weighted by Crippen LogP contribution is -2.50. The van der Waals surface area contributed by atoms with E-state index in [1.165, 1.54) is 0 Å². The maximum Gasteiger partial charge on any atom is 0.321 e. The number of hydrogen-bond acceptors (Lipinski definition) is 6. The van der Waals surface area contributed by atoms with E-state index < -0.39 is 32.2 Å². The van der Waals surface area contributed by atoms with Gasteiger partial charge in [0, 0.05) is 11.5 Å². The predicted molar refractivity (Wildman–Crippen MR) is 173 cm³/mol. The van der Waals surface area contributed by atoms with Gasteiger partial charge in [0.05, 0.1) is 24.7 Å². The number of rotatable bonds is 14. The van der Waals surface area contributed by atoms with Crippen molar-refractivity contribution in [2.75, 3.05) is 7.11 Å². The van der Waals surface area contributed by atoms with Crippen molar-refractivity contribution < 1.29 is 26.5 Å². The number of carbonyl (C=O) groups is 1. The van der Waals surface area contributed by atoms with Crippen LogP contribution in [0.4, 0.5) is 0 Å². The van der Waals surface area contributed by atoms with Gasteiger partial charge in [-0.3, -0.25) is 4.79 Å². The molecule has 40 heavy (non-hydrogen) atoms. The third kappa shape index (κ3) is 8.09. The normalized spacial score (nSPS) is 24.4. The molecule has 0 aliphatic carbocycles. The first-order valence-electron chi connectivity index (χ1n) is 13.9. The van der Waals surface area contributed by atoms with E-state index >= 15 is 0 Å². The fourth-order valence-corrected chi connectivity index (χ4v) is 6.80. The van der Waals surface area contributed by atoms with Gasteiger partial charge in [0.25, 0.3) is 0 Å². The molecular formula is C32H49IO6Si. The molecule has 1 aromatic rings. The summed E-state index contributed by atoms with van der Waals surface area (Å²) in [4.78, 5) is 13.5. The van der Waals surface area contributed by atoms with E-state index in [9.17, 15) is 4.79 Å². The Morgan fingerprint density at radius 1 is 1.20 bits per heavy atom. The standard InChI is InChI=1S/C32H49IO6Si/c1-13-22(5)27(21(3)4)28(29(34)38-33)25(39-40(11,12)31(6,7)8)19-20-32(9)26(14-2)36-30(37-32)23-15-17-24(35-10)18-16-23/h13-18,22,25-28,30H,1-3,19-20H2,4-12H3/t22?,25-,26-,27?,28?,30?,32+/m0/s1. The van der Waals surface area contributed by atoms with E-state index in [-0.39, 0.29) is 28.9 Å². The lowest BCUT2D eigenvalue weighted by atomic mass is 9.74. The van der Waals surface area contributed by atoms with Gasteiger partial charge in [-0.15, -0.1) is 13.2 Å². The highest BCUT2D eigenvalue weighted by Gasteiger charge is 2.49. The van der Waals surface area contributed by atoms with Gasteiger partial charge in [-0.25, -0.2) is 0 Å². The van der Waals surface area contributed by atoms with Crippen LogP contribution in [0.2, 0.25) is 18.1 Å². The minimum Gasteiger partial charge on any atom is -0.497 e. The topological polar surface area (TPSA) is 63.2 Å². The minimum atomic E-state index is -2.29. The second-order valence-electron chi connectivity index (χ2n) is 12.7. The number of allylic oxidation sites excluding steroid dienone is 2. The van der Waals surface area contributed by atoms with Crippen molar-refractivity contribution >= 4 is 37.3 Å². The summed E-state index contributed by atoms with van der Waals surface area (Å²) in [6.45, 7) is 29.4. The Balaban J connectivity index is 2.47. The van der Waals surface area contributed by atoms with E-state index in [0.29, 0.717) is 12.8 Å². The van der Waals surface area contributed by atoms with Crippen LogP contribution in [0.5, 0.6) is 5.75 Å². The molecule has 0 N–H and O–H groups in total. The van der Waals surface area contributed by atoms with Gasteiger partial charge < -0.3 is 21.7 Å². The fraction of sp³-hybridized carbons (Fsp3) is 0.594. The summed E-state index contributed by atoms with van der Waals surface area (Å²) in [6.07, 6.45) is 3.52. The first-order chi connectivity index (χ1) is 18.5. The van der Waals surface area contributed by atoms with Crippen molar-refractivity contribution in [1.29, 1.82) is 0 Å². The molecular weight excluding hydrogens is 635 g/mol. The lowest BCUT2D eigenvalue weighted by Gasteiger charge is -2.44. The zero-order chi connectivity index (χ0) is 30.5. The lowest BCUT2D eigenvalue weighted by molar-refractivity contribution is -0.142. The van der Waals surface area contributed by atoms with Crippen molar-refractivity contribution in [2.24, 2.45) is 17.8 Å². The third-order valence-corrected chi connectivity index (χ3v) is 13.6. The number of benzene rings is 1. The smallest absolute Gasteiger partial charge is 0.321 e. The van der Waals surface area contributed by atoms with E-state index in [1.54, 1.807) is 36.2 Å². The van der Waals surface area contributed by atoms with Gasteiger partial charge in [0.15, 0.2) is 37.6 Å². The highest BCUT2D eigenvalue weighted by molar-refractivity contribution is 14.1. The summed E-state index contributed by atoms with van der Waals surface area (Å²) in [5, 5.41) is -0.0488. The van der Waals surface area contributed by atoms with Crippen LogP contribution in [-0.4, -0.2) is 39.2 Å². The first kappa shape index (κ1) is 34.7. The van der Waals surface area contributed by atoms with Crippen LogP contribution in [0.25, 0.3) is 0 Å². The number of halogens is 1. The first-order valence-corrected chi connectivity index (χ1v) is 17.7. The third-order valence-electron chi connectivity index (χ3n) is 8.67. The Morgan fingerprint density at radius 3 is 2.25 bits per heavy atom. The highest BCUT2D eigenvalue weighted by Crippen LogP contribution is 2.45. The van der Waals surface area contributed by atoms with E-state index in [4.69, 9.17) is 21.7 Å². The summed E-state index contributed by atoms with van der Waals surface area (Å²) in [7, 11) is -0.648. The number of hydrogen-bond donors (Lipinski definition) is 0. The molecule has 0 radical (unpaired) electrons. The molecule has 4 unspecified atom stereocenters.